The van der Waals surface area contributed by atoms with Crippen molar-refractivity contribution in [1.82, 2.24) is 14.9 Å². The van der Waals surface area contributed by atoms with E-state index in [0.29, 0.717) is 18.1 Å². The second-order valence-electron chi connectivity index (χ2n) is 7.03. The molecule has 28 heavy (non-hydrogen) atoms. The van der Waals surface area contributed by atoms with E-state index in [9.17, 15) is 13.2 Å². The van der Waals surface area contributed by atoms with Gasteiger partial charge >= 0.3 is 0 Å². The minimum Gasteiger partial charge on any atom is -0.342 e. The van der Waals surface area contributed by atoms with E-state index in [1.54, 1.807) is 4.90 Å². The molecule has 0 saturated carbocycles. The molecular weight excluding hydrogens is 398 g/mol. The monoisotopic (exact) mass is 417 g/mol. The normalized spacial score (nSPS) is 17.8. The van der Waals surface area contributed by atoms with Crippen molar-refractivity contribution in [2.45, 2.75) is 23.7 Å². The van der Waals surface area contributed by atoms with Crippen LogP contribution in [0.25, 0.3) is 11.0 Å². The molecule has 0 spiro atoms. The van der Waals surface area contributed by atoms with Crippen molar-refractivity contribution < 1.29 is 13.2 Å². The Bertz CT molecular complexity index is 1080. The molecule has 2 aromatic carbocycles. The van der Waals surface area contributed by atoms with Crippen LogP contribution in [0, 0.1) is 0 Å². The summed E-state index contributed by atoms with van der Waals surface area (Å²) in [6, 6.07) is 13.7. The largest absolute Gasteiger partial charge is 0.342 e. The molecule has 146 valence electrons. The molecule has 0 aliphatic carbocycles. The van der Waals surface area contributed by atoms with Crippen LogP contribution in [-0.2, 0) is 14.6 Å². The first kappa shape index (κ1) is 19.0. The van der Waals surface area contributed by atoms with Gasteiger partial charge in [-0.25, -0.2) is 13.4 Å². The number of fused-ring (bicyclic) bond motifs is 1. The summed E-state index contributed by atoms with van der Waals surface area (Å²) in [5.74, 6) is -0.0000518. The van der Waals surface area contributed by atoms with Gasteiger partial charge in [-0.2, -0.15) is 0 Å². The minimum atomic E-state index is -3.70. The first-order valence-electron chi connectivity index (χ1n) is 9.13. The fourth-order valence-corrected chi connectivity index (χ4v) is 4.92. The van der Waals surface area contributed by atoms with Crippen LogP contribution in [-0.4, -0.2) is 48.0 Å². The standard InChI is InChI=1S/C20H20ClN3O3S/c21-15-7-9-16(10-8-15)28(26,27)13-19(25)24-11-3-4-14(12-24)20-22-17-5-1-2-6-18(17)23-20/h1-2,5-10,14H,3-4,11-13H2,(H,22,23). The number of benzene rings is 2. The number of halogens is 1. The Morgan fingerprint density at radius 1 is 1.18 bits per heavy atom. The number of amides is 1. The number of H-pyrrole nitrogens is 1. The molecule has 2 heterocycles. The molecule has 1 saturated heterocycles. The highest BCUT2D eigenvalue weighted by atomic mass is 35.5. The number of imidazole rings is 1. The number of para-hydroxylation sites is 2. The second kappa shape index (κ2) is 7.56. The zero-order valence-electron chi connectivity index (χ0n) is 15.1. The number of rotatable bonds is 4. The molecular formula is C20H20ClN3O3S. The van der Waals surface area contributed by atoms with Crippen LogP contribution in [0.4, 0.5) is 0 Å². The van der Waals surface area contributed by atoms with E-state index in [-0.39, 0.29) is 16.7 Å². The number of hydrogen-bond acceptors (Lipinski definition) is 4. The Morgan fingerprint density at radius 2 is 1.93 bits per heavy atom. The molecule has 1 aliphatic heterocycles. The van der Waals surface area contributed by atoms with Crippen LogP contribution in [0.15, 0.2) is 53.4 Å². The van der Waals surface area contributed by atoms with E-state index in [1.165, 1.54) is 24.3 Å². The summed E-state index contributed by atoms with van der Waals surface area (Å²) in [4.78, 5) is 22.4. The average Bonchev–Trinajstić information content (AvgIpc) is 3.12. The van der Waals surface area contributed by atoms with Crippen molar-refractivity contribution in [3.05, 3.63) is 59.4 Å². The first-order chi connectivity index (χ1) is 13.4. The highest BCUT2D eigenvalue weighted by Crippen LogP contribution is 2.27. The highest BCUT2D eigenvalue weighted by Gasteiger charge is 2.29. The van der Waals surface area contributed by atoms with Gasteiger partial charge in [-0.3, -0.25) is 4.79 Å². The molecule has 4 rings (SSSR count). The van der Waals surface area contributed by atoms with Gasteiger partial charge in [0.15, 0.2) is 9.84 Å². The number of likely N-dealkylation sites (tertiary alicyclic amines) is 1. The first-order valence-corrected chi connectivity index (χ1v) is 11.2. The van der Waals surface area contributed by atoms with Crippen molar-refractivity contribution in [2.24, 2.45) is 0 Å². The van der Waals surface area contributed by atoms with Gasteiger partial charge in [-0.15, -0.1) is 0 Å². The number of aromatic amines is 1. The van der Waals surface area contributed by atoms with E-state index in [1.807, 2.05) is 24.3 Å². The number of aromatic nitrogens is 2. The number of carbonyl (C=O) groups is 1. The quantitative estimate of drug-likeness (QED) is 0.705. The summed E-state index contributed by atoms with van der Waals surface area (Å²) >= 11 is 5.81. The fraction of sp³-hybridized carbons (Fsp3) is 0.300. The van der Waals surface area contributed by atoms with Crippen molar-refractivity contribution >= 4 is 38.4 Å². The number of nitrogens with one attached hydrogen (secondary N) is 1. The summed E-state index contributed by atoms with van der Waals surface area (Å²) in [5, 5.41) is 0.454. The van der Waals surface area contributed by atoms with Crippen molar-refractivity contribution in [2.75, 3.05) is 18.8 Å². The molecule has 1 aliphatic rings. The predicted octanol–water partition coefficient (Wildman–Crippen LogP) is 3.40. The molecule has 1 aromatic heterocycles. The molecule has 8 heteroatoms. The highest BCUT2D eigenvalue weighted by molar-refractivity contribution is 7.92. The Kier molecular flexibility index (Phi) is 5.12. The Labute approximate surface area is 168 Å². The Balaban J connectivity index is 1.48. The minimum absolute atomic E-state index is 0.0725. The van der Waals surface area contributed by atoms with E-state index >= 15 is 0 Å². The van der Waals surface area contributed by atoms with Crippen LogP contribution >= 0.6 is 11.6 Å². The lowest BCUT2D eigenvalue weighted by atomic mass is 9.97. The summed E-state index contributed by atoms with van der Waals surface area (Å²) in [6.45, 7) is 1.03. The molecule has 1 atom stereocenters. The SMILES string of the molecule is O=C(CS(=O)(=O)c1ccc(Cl)cc1)N1CCCC(c2nc3ccccc3[nH]2)C1. The average molecular weight is 418 g/mol. The van der Waals surface area contributed by atoms with Crippen molar-refractivity contribution in [1.29, 1.82) is 0 Å². The summed E-state index contributed by atoms with van der Waals surface area (Å²) in [7, 11) is -3.70. The van der Waals surface area contributed by atoms with Gasteiger partial charge in [0.25, 0.3) is 0 Å². The van der Waals surface area contributed by atoms with Crippen molar-refractivity contribution in [3.8, 4) is 0 Å². The lowest BCUT2D eigenvalue weighted by Gasteiger charge is -2.31. The third-order valence-corrected chi connectivity index (χ3v) is 6.92. The molecule has 0 bridgehead atoms. The van der Waals surface area contributed by atoms with Crippen LogP contribution in [0.1, 0.15) is 24.6 Å². The lowest BCUT2D eigenvalue weighted by molar-refractivity contribution is -0.129. The third kappa shape index (κ3) is 3.91. The van der Waals surface area contributed by atoms with Gasteiger partial charge in [0.2, 0.25) is 5.91 Å². The van der Waals surface area contributed by atoms with Gasteiger partial charge in [-0.1, -0.05) is 23.7 Å². The maximum absolute atomic E-state index is 12.7. The van der Waals surface area contributed by atoms with Gasteiger partial charge in [-0.05, 0) is 49.2 Å². The van der Waals surface area contributed by atoms with Gasteiger partial charge in [0.1, 0.15) is 11.6 Å². The van der Waals surface area contributed by atoms with Gasteiger partial charge < -0.3 is 9.88 Å². The summed E-state index contributed by atoms with van der Waals surface area (Å²) in [5.41, 5.74) is 1.86. The topological polar surface area (TPSA) is 83.1 Å². The molecule has 6 nitrogen and oxygen atoms in total. The maximum Gasteiger partial charge on any atom is 0.238 e. The second-order valence-corrected chi connectivity index (χ2v) is 9.46. The van der Waals surface area contributed by atoms with Gasteiger partial charge in [0, 0.05) is 24.0 Å². The predicted molar refractivity (Wildman–Crippen MR) is 108 cm³/mol. The van der Waals surface area contributed by atoms with E-state index < -0.39 is 15.6 Å². The third-order valence-electron chi connectivity index (χ3n) is 5.05. The van der Waals surface area contributed by atoms with Gasteiger partial charge in [0.05, 0.1) is 15.9 Å². The number of piperidine rings is 1. The number of hydrogen-bond donors (Lipinski definition) is 1. The van der Waals surface area contributed by atoms with E-state index in [4.69, 9.17) is 11.6 Å². The van der Waals surface area contributed by atoms with Crippen LogP contribution < -0.4 is 0 Å². The molecule has 3 aromatic rings. The molecule has 1 unspecified atom stereocenters. The van der Waals surface area contributed by atoms with Crippen LogP contribution in [0.5, 0.6) is 0 Å². The number of nitrogens with zero attached hydrogens (tertiary/aromatic N) is 2. The lowest BCUT2D eigenvalue weighted by Crippen LogP contribution is -2.42. The molecule has 1 fully saturated rings. The Morgan fingerprint density at radius 3 is 2.68 bits per heavy atom. The fourth-order valence-electron chi connectivity index (χ4n) is 3.57. The van der Waals surface area contributed by atoms with E-state index in [2.05, 4.69) is 9.97 Å². The molecule has 1 N–H and O–H groups in total. The smallest absolute Gasteiger partial charge is 0.238 e. The van der Waals surface area contributed by atoms with Crippen LogP contribution in [0.3, 0.4) is 0 Å². The van der Waals surface area contributed by atoms with Crippen LogP contribution in [0.2, 0.25) is 5.02 Å². The molecule has 1 amide bonds. The summed E-state index contributed by atoms with van der Waals surface area (Å²) < 4.78 is 25.1. The summed E-state index contributed by atoms with van der Waals surface area (Å²) in [6.07, 6.45) is 1.72. The number of carbonyl (C=O) groups excluding carboxylic acids is 1. The zero-order chi connectivity index (χ0) is 19.7. The van der Waals surface area contributed by atoms with Crippen molar-refractivity contribution in [3.63, 3.8) is 0 Å². The zero-order valence-corrected chi connectivity index (χ0v) is 16.7. The molecule has 0 radical (unpaired) electrons. The Hall–Kier alpha value is -2.38. The van der Waals surface area contributed by atoms with E-state index in [0.717, 1.165) is 29.7 Å². The number of sulfone groups is 1. The maximum atomic E-state index is 12.7.